The van der Waals surface area contributed by atoms with Crippen LogP contribution in [0.3, 0.4) is 0 Å². The third-order valence-electron chi connectivity index (χ3n) is 5.69. The molecule has 9 heteroatoms. The maximum Gasteiger partial charge on any atom is 0.254 e. The van der Waals surface area contributed by atoms with E-state index in [0.29, 0.717) is 18.3 Å². The fourth-order valence-corrected chi connectivity index (χ4v) is 4.11. The van der Waals surface area contributed by atoms with Gasteiger partial charge in [-0.1, -0.05) is 30.3 Å². The van der Waals surface area contributed by atoms with E-state index in [9.17, 15) is 4.79 Å². The van der Waals surface area contributed by atoms with Gasteiger partial charge in [0.15, 0.2) is 0 Å². The number of benzene rings is 2. The molecule has 1 aliphatic rings. The second kappa shape index (κ2) is 8.27. The van der Waals surface area contributed by atoms with Crippen LogP contribution in [0.1, 0.15) is 23.2 Å². The number of primary amides is 1. The van der Waals surface area contributed by atoms with Crippen molar-refractivity contribution in [2.75, 3.05) is 23.3 Å². The Morgan fingerprint density at radius 1 is 1.19 bits per heavy atom. The molecular formula is C23H24N8O. The van der Waals surface area contributed by atoms with Crippen molar-refractivity contribution in [3.8, 4) is 11.1 Å². The van der Waals surface area contributed by atoms with Gasteiger partial charge >= 0.3 is 0 Å². The molecule has 2 aromatic heterocycles. The summed E-state index contributed by atoms with van der Waals surface area (Å²) in [6.45, 7) is 1.49. The van der Waals surface area contributed by atoms with Crippen molar-refractivity contribution < 1.29 is 4.79 Å². The minimum Gasteiger partial charge on any atom is -0.365 e. The van der Waals surface area contributed by atoms with Crippen LogP contribution in [0.25, 0.3) is 22.0 Å². The zero-order valence-electron chi connectivity index (χ0n) is 17.5. The van der Waals surface area contributed by atoms with Gasteiger partial charge in [0.1, 0.15) is 11.4 Å². The number of nitrogens with zero attached hydrogens (tertiary/aromatic N) is 4. The number of amides is 1. The molecule has 0 radical (unpaired) electrons. The smallest absolute Gasteiger partial charge is 0.254 e. The number of aromatic amines is 1. The fourth-order valence-electron chi connectivity index (χ4n) is 4.11. The Kier molecular flexibility index (Phi) is 5.16. The fraction of sp³-hybridized carbons (Fsp3) is 0.217. The molecule has 4 aromatic rings. The number of carbonyl (C=O) groups excluding carboxylic acids is 1. The average Bonchev–Trinajstić information content (AvgIpc) is 3.27. The zero-order chi connectivity index (χ0) is 22.1. The number of hydrogen-bond donors (Lipinski definition) is 4. The summed E-state index contributed by atoms with van der Waals surface area (Å²) in [4.78, 5) is 23.1. The average molecular weight is 429 g/mol. The zero-order valence-corrected chi connectivity index (χ0v) is 17.5. The van der Waals surface area contributed by atoms with Gasteiger partial charge in [-0.25, -0.2) is 4.98 Å². The summed E-state index contributed by atoms with van der Waals surface area (Å²) in [5.41, 5.74) is 15.6. The standard InChI is InChI=1S/C23H24N8O/c24-15-7-4-8-31(13-15)23-26-11-19(21(25)32)22(29-23)28-16-9-17(14-5-2-1-3-6-14)18-12-27-30-20(18)10-16/h1-3,5-6,9-12,15H,4,7-8,13,24H2,(H2,25,32)(H,27,30)(H,26,28,29)/t15-/m0/s1. The van der Waals surface area contributed by atoms with Crippen molar-refractivity contribution in [3.05, 3.63) is 60.4 Å². The molecule has 1 aliphatic heterocycles. The van der Waals surface area contributed by atoms with E-state index in [2.05, 4.69) is 25.5 Å². The van der Waals surface area contributed by atoms with Crippen LogP contribution >= 0.6 is 0 Å². The topological polar surface area (TPSA) is 139 Å². The molecule has 0 spiro atoms. The molecule has 1 atom stereocenters. The summed E-state index contributed by atoms with van der Waals surface area (Å²) < 4.78 is 0. The van der Waals surface area contributed by atoms with Crippen LogP contribution in [0.2, 0.25) is 0 Å². The predicted molar refractivity (Wildman–Crippen MR) is 125 cm³/mol. The van der Waals surface area contributed by atoms with Gasteiger partial charge in [-0.15, -0.1) is 0 Å². The van der Waals surface area contributed by atoms with Crippen LogP contribution in [-0.4, -0.2) is 45.2 Å². The van der Waals surface area contributed by atoms with E-state index in [-0.39, 0.29) is 11.6 Å². The Bertz CT molecular complexity index is 1270. The van der Waals surface area contributed by atoms with Gasteiger partial charge in [0.05, 0.1) is 11.7 Å². The third kappa shape index (κ3) is 3.85. The monoisotopic (exact) mass is 428 g/mol. The quantitative estimate of drug-likeness (QED) is 0.383. The Balaban J connectivity index is 1.55. The van der Waals surface area contributed by atoms with E-state index in [1.165, 1.54) is 6.20 Å². The lowest BCUT2D eigenvalue weighted by Crippen LogP contribution is -2.43. The normalized spacial score (nSPS) is 16.3. The number of nitrogens with one attached hydrogen (secondary N) is 2. The largest absolute Gasteiger partial charge is 0.365 e. The first-order chi connectivity index (χ1) is 15.6. The lowest BCUT2D eigenvalue weighted by atomic mass is 10.0. The van der Waals surface area contributed by atoms with Gasteiger partial charge in [0.25, 0.3) is 5.91 Å². The Hall–Kier alpha value is -3.98. The molecule has 1 fully saturated rings. The highest BCUT2D eigenvalue weighted by Gasteiger charge is 2.21. The molecule has 9 nitrogen and oxygen atoms in total. The van der Waals surface area contributed by atoms with E-state index in [0.717, 1.165) is 47.1 Å². The molecule has 5 rings (SSSR count). The second-order valence-corrected chi connectivity index (χ2v) is 7.99. The lowest BCUT2D eigenvalue weighted by molar-refractivity contribution is 0.100. The second-order valence-electron chi connectivity index (χ2n) is 7.99. The van der Waals surface area contributed by atoms with E-state index in [1.54, 1.807) is 6.20 Å². The first-order valence-electron chi connectivity index (χ1n) is 10.6. The minimum absolute atomic E-state index is 0.0794. The van der Waals surface area contributed by atoms with Gasteiger partial charge in [0.2, 0.25) is 5.95 Å². The summed E-state index contributed by atoms with van der Waals surface area (Å²) in [7, 11) is 0. The van der Waals surface area contributed by atoms with E-state index in [4.69, 9.17) is 11.5 Å². The first kappa shape index (κ1) is 20.0. The van der Waals surface area contributed by atoms with Crippen LogP contribution in [0.4, 0.5) is 17.5 Å². The molecule has 0 unspecified atom stereocenters. The maximum atomic E-state index is 12.1. The number of fused-ring (bicyclic) bond motifs is 1. The lowest BCUT2D eigenvalue weighted by Gasteiger charge is -2.31. The predicted octanol–water partition coefficient (Wildman–Crippen LogP) is 2.79. The molecule has 0 saturated carbocycles. The number of anilines is 3. The number of hydrogen-bond acceptors (Lipinski definition) is 7. The molecule has 32 heavy (non-hydrogen) atoms. The Morgan fingerprint density at radius 2 is 2.03 bits per heavy atom. The van der Waals surface area contributed by atoms with Crippen molar-refractivity contribution in [3.63, 3.8) is 0 Å². The number of nitrogens with two attached hydrogens (primary N) is 2. The third-order valence-corrected chi connectivity index (χ3v) is 5.69. The molecule has 6 N–H and O–H groups in total. The Morgan fingerprint density at radius 3 is 2.81 bits per heavy atom. The van der Waals surface area contributed by atoms with Crippen molar-refractivity contribution in [1.82, 2.24) is 20.2 Å². The Labute approximate surface area is 184 Å². The molecule has 0 bridgehead atoms. The summed E-state index contributed by atoms with van der Waals surface area (Å²) in [5.74, 6) is 0.290. The summed E-state index contributed by atoms with van der Waals surface area (Å²) >= 11 is 0. The van der Waals surface area contributed by atoms with Gasteiger partial charge in [0, 0.05) is 36.4 Å². The van der Waals surface area contributed by atoms with Crippen LogP contribution in [0.15, 0.2) is 54.9 Å². The number of carbonyl (C=O) groups is 1. The van der Waals surface area contributed by atoms with Gasteiger partial charge in [-0.3, -0.25) is 9.89 Å². The highest BCUT2D eigenvalue weighted by Crippen LogP contribution is 2.32. The molecule has 1 saturated heterocycles. The molecule has 1 amide bonds. The molecule has 162 valence electrons. The highest BCUT2D eigenvalue weighted by atomic mass is 16.1. The van der Waals surface area contributed by atoms with Gasteiger partial charge in [-0.2, -0.15) is 10.1 Å². The summed E-state index contributed by atoms with van der Waals surface area (Å²) in [5, 5.41) is 11.5. The highest BCUT2D eigenvalue weighted by molar-refractivity contribution is 6.00. The van der Waals surface area contributed by atoms with E-state index < -0.39 is 5.91 Å². The molecule has 0 aliphatic carbocycles. The van der Waals surface area contributed by atoms with Crippen molar-refractivity contribution >= 4 is 34.3 Å². The van der Waals surface area contributed by atoms with Crippen molar-refractivity contribution in [2.45, 2.75) is 18.9 Å². The molecule has 3 heterocycles. The van der Waals surface area contributed by atoms with E-state index >= 15 is 0 Å². The van der Waals surface area contributed by atoms with Crippen LogP contribution in [0, 0.1) is 0 Å². The van der Waals surface area contributed by atoms with Crippen LogP contribution < -0.4 is 21.7 Å². The van der Waals surface area contributed by atoms with Crippen LogP contribution in [-0.2, 0) is 0 Å². The number of piperidine rings is 1. The van der Waals surface area contributed by atoms with Gasteiger partial charge < -0.3 is 21.7 Å². The maximum absolute atomic E-state index is 12.1. The molecular weight excluding hydrogens is 404 g/mol. The van der Waals surface area contributed by atoms with Gasteiger partial charge in [-0.05, 0) is 36.1 Å². The summed E-state index contributed by atoms with van der Waals surface area (Å²) in [6, 6.07) is 14.1. The number of aromatic nitrogens is 4. The minimum atomic E-state index is -0.597. The SMILES string of the molecule is NC(=O)c1cnc(N2CCC[C@H](N)C2)nc1Nc1cc(-c2ccccc2)c2cn[nH]c2c1. The van der Waals surface area contributed by atoms with E-state index in [1.807, 2.05) is 47.4 Å². The summed E-state index contributed by atoms with van der Waals surface area (Å²) in [6.07, 6.45) is 5.23. The van der Waals surface area contributed by atoms with Crippen molar-refractivity contribution in [2.24, 2.45) is 11.5 Å². The first-order valence-corrected chi connectivity index (χ1v) is 10.6. The molecule has 2 aromatic carbocycles. The number of rotatable bonds is 5. The van der Waals surface area contributed by atoms with Crippen LogP contribution in [0.5, 0.6) is 0 Å². The number of H-pyrrole nitrogens is 1. The van der Waals surface area contributed by atoms with Crippen molar-refractivity contribution in [1.29, 1.82) is 0 Å².